The SMILES string of the molecule is CC(C)CCCOC1CCCC(CO)(NC(C)C)C1. The number of nitrogens with one attached hydrogen (secondary N) is 1. The molecule has 0 aromatic carbocycles. The van der Waals surface area contributed by atoms with Gasteiger partial charge in [-0.15, -0.1) is 0 Å². The Morgan fingerprint density at radius 1 is 1.32 bits per heavy atom. The van der Waals surface area contributed by atoms with Gasteiger partial charge in [-0.3, -0.25) is 0 Å². The lowest BCUT2D eigenvalue weighted by Crippen LogP contribution is -2.55. The molecule has 0 aromatic heterocycles. The molecule has 1 fully saturated rings. The molecule has 1 aliphatic rings. The van der Waals surface area contributed by atoms with Crippen molar-refractivity contribution in [2.75, 3.05) is 13.2 Å². The highest BCUT2D eigenvalue weighted by atomic mass is 16.5. The Bertz CT molecular complexity index is 243. The molecule has 0 heterocycles. The van der Waals surface area contributed by atoms with Crippen LogP contribution in [0.5, 0.6) is 0 Å². The molecule has 0 saturated heterocycles. The summed E-state index contributed by atoms with van der Waals surface area (Å²) < 4.78 is 6.02. The van der Waals surface area contributed by atoms with E-state index in [-0.39, 0.29) is 12.1 Å². The van der Waals surface area contributed by atoms with Crippen LogP contribution in [0.3, 0.4) is 0 Å². The fraction of sp³-hybridized carbons (Fsp3) is 1.00. The highest BCUT2D eigenvalue weighted by Gasteiger charge is 2.36. The molecule has 0 bridgehead atoms. The van der Waals surface area contributed by atoms with Crippen molar-refractivity contribution < 1.29 is 9.84 Å². The second-order valence-electron chi connectivity index (χ2n) is 6.86. The lowest BCUT2D eigenvalue weighted by atomic mass is 9.80. The third-order valence-corrected chi connectivity index (χ3v) is 3.98. The molecule has 1 aliphatic carbocycles. The first-order valence-electron chi connectivity index (χ1n) is 7.97. The minimum Gasteiger partial charge on any atom is -0.394 e. The molecule has 19 heavy (non-hydrogen) atoms. The van der Waals surface area contributed by atoms with Crippen molar-refractivity contribution in [3.63, 3.8) is 0 Å². The van der Waals surface area contributed by atoms with E-state index in [1.165, 1.54) is 6.42 Å². The average Bonchev–Trinajstić information content (AvgIpc) is 2.34. The summed E-state index contributed by atoms with van der Waals surface area (Å²) in [4.78, 5) is 0. The van der Waals surface area contributed by atoms with E-state index in [9.17, 15) is 5.11 Å². The Morgan fingerprint density at radius 2 is 2.05 bits per heavy atom. The van der Waals surface area contributed by atoms with Gasteiger partial charge in [-0.25, -0.2) is 0 Å². The van der Waals surface area contributed by atoms with Crippen LogP contribution in [0.15, 0.2) is 0 Å². The summed E-state index contributed by atoms with van der Waals surface area (Å²) in [5, 5.41) is 13.3. The van der Waals surface area contributed by atoms with Gasteiger partial charge >= 0.3 is 0 Å². The van der Waals surface area contributed by atoms with Crippen LogP contribution in [0.2, 0.25) is 0 Å². The maximum atomic E-state index is 9.73. The largest absolute Gasteiger partial charge is 0.394 e. The van der Waals surface area contributed by atoms with Crippen molar-refractivity contribution in [3.05, 3.63) is 0 Å². The molecule has 0 amide bonds. The van der Waals surface area contributed by atoms with E-state index in [0.717, 1.165) is 44.6 Å². The zero-order valence-electron chi connectivity index (χ0n) is 13.2. The predicted molar refractivity (Wildman–Crippen MR) is 80.4 cm³/mol. The lowest BCUT2D eigenvalue weighted by Gasteiger charge is -2.41. The average molecular weight is 271 g/mol. The molecule has 3 heteroatoms. The van der Waals surface area contributed by atoms with Crippen molar-refractivity contribution in [1.82, 2.24) is 5.32 Å². The quantitative estimate of drug-likeness (QED) is 0.667. The molecule has 2 N–H and O–H groups in total. The lowest BCUT2D eigenvalue weighted by molar-refractivity contribution is -0.0196. The van der Waals surface area contributed by atoms with Crippen molar-refractivity contribution in [3.8, 4) is 0 Å². The topological polar surface area (TPSA) is 41.5 Å². The van der Waals surface area contributed by atoms with Crippen molar-refractivity contribution in [1.29, 1.82) is 0 Å². The summed E-state index contributed by atoms with van der Waals surface area (Å²) in [5.41, 5.74) is -0.116. The highest BCUT2D eigenvalue weighted by molar-refractivity contribution is 4.94. The van der Waals surface area contributed by atoms with Crippen LogP contribution in [0.1, 0.15) is 66.2 Å². The van der Waals surface area contributed by atoms with Gasteiger partial charge in [0.1, 0.15) is 0 Å². The Hall–Kier alpha value is -0.120. The summed E-state index contributed by atoms with van der Waals surface area (Å²) >= 11 is 0. The van der Waals surface area contributed by atoms with Crippen LogP contribution in [-0.4, -0.2) is 36.0 Å². The van der Waals surface area contributed by atoms with E-state index < -0.39 is 0 Å². The van der Waals surface area contributed by atoms with Gasteiger partial charge in [0, 0.05) is 18.2 Å². The summed E-state index contributed by atoms with van der Waals surface area (Å²) in [6.45, 7) is 9.88. The monoisotopic (exact) mass is 271 g/mol. The van der Waals surface area contributed by atoms with E-state index in [0.29, 0.717) is 12.1 Å². The van der Waals surface area contributed by atoms with Gasteiger partial charge in [0.25, 0.3) is 0 Å². The van der Waals surface area contributed by atoms with Gasteiger partial charge in [-0.1, -0.05) is 27.7 Å². The third kappa shape index (κ3) is 6.24. The van der Waals surface area contributed by atoms with Gasteiger partial charge in [0.2, 0.25) is 0 Å². The highest BCUT2D eigenvalue weighted by Crippen LogP contribution is 2.30. The minimum atomic E-state index is -0.116. The molecule has 1 rings (SSSR count). The second-order valence-corrected chi connectivity index (χ2v) is 6.86. The van der Waals surface area contributed by atoms with Crippen LogP contribution < -0.4 is 5.32 Å². The molecule has 114 valence electrons. The number of ether oxygens (including phenoxy) is 1. The normalized spacial score (nSPS) is 28.3. The number of rotatable bonds is 8. The maximum absolute atomic E-state index is 9.73. The zero-order chi connectivity index (χ0) is 14.3. The Kier molecular flexibility index (Phi) is 7.33. The number of aliphatic hydroxyl groups is 1. The van der Waals surface area contributed by atoms with E-state index in [2.05, 4.69) is 33.0 Å². The van der Waals surface area contributed by atoms with Crippen LogP contribution in [0.4, 0.5) is 0 Å². The predicted octanol–water partition coefficient (Wildman–Crippen LogP) is 3.11. The van der Waals surface area contributed by atoms with Crippen molar-refractivity contribution in [2.24, 2.45) is 5.92 Å². The van der Waals surface area contributed by atoms with Crippen LogP contribution in [0, 0.1) is 5.92 Å². The van der Waals surface area contributed by atoms with E-state index in [4.69, 9.17) is 4.74 Å². The number of aliphatic hydroxyl groups excluding tert-OH is 1. The molecule has 3 nitrogen and oxygen atoms in total. The van der Waals surface area contributed by atoms with Crippen LogP contribution >= 0.6 is 0 Å². The zero-order valence-corrected chi connectivity index (χ0v) is 13.2. The Morgan fingerprint density at radius 3 is 2.63 bits per heavy atom. The summed E-state index contributed by atoms with van der Waals surface area (Å²) in [7, 11) is 0. The van der Waals surface area contributed by atoms with Crippen molar-refractivity contribution in [2.45, 2.75) is 83.9 Å². The summed E-state index contributed by atoms with van der Waals surface area (Å²) in [6.07, 6.45) is 7.01. The molecule has 0 aliphatic heterocycles. The smallest absolute Gasteiger partial charge is 0.0614 e. The van der Waals surface area contributed by atoms with Crippen LogP contribution in [-0.2, 0) is 4.74 Å². The molecular formula is C16H33NO2. The van der Waals surface area contributed by atoms with Gasteiger partial charge in [-0.05, 0) is 44.4 Å². The van der Waals surface area contributed by atoms with E-state index >= 15 is 0 Å². The van der Waals surface area contributed by atoms with Gasteiger partial charge in [0.15, 0.2) is 0 Å². The van der Waals surface area contributed by atoms with E-state index in [1.807, 2.05) is 0 Å². The molecule has 0 radical (unpaired) electrons. The molecule has 0 aromatic rings. The molecule has 2 atom stereocenters. The van der Waals surface area contributed by atoms with Gasteiger partial charge in [-0.2, -0.15) is 0 Å². The van der Waals surface area contributed by atoms with Crippen molar-refractivity contribution >= 4 is 0 Å². The molecule has 2 unspecified atom stereocenters. The number of hydrogen-bond donors (Lipinski definition) is 2. The third-order valence-electron chi connectivity index (χ3n) is 3.98. The first-order chi connectivity index (χ1) is 8.97. The fourth-order valence-corrected chi connectivity index (χ4v) is 3.12. The second kappa shape index (κ2) is 8.23. The van der Waals surface area contributed by atoms with E-state index in [1.54, 1.807) is 0 Å². The number of hydrogen-bond acceptors (Lipinski definition) is 3. The first kappa shape index (κ1) is 16.9. The minimum absolute atomic E-state index is 0.116. The summed E-state index contributed by atoms with van der Waals surface area (Å²) in [6, 6.07) is 0.409. The standard InChI is InChI=1S/C16H33NO2/c1-13(2)7-6-10-19-15-8-5-9-16(11-15,12-18)17-14(3)4/h13-15,17-18H,5-12H2,1-4H3. The summed E-state index contributed by atoms with van der Waals surface area (Å²) in [5.74, 6) is 0.758. The van der Waals surface area contributed by atoms with Crippen LogP contribution in [0.25, 0.3) is 0 Å². The maximum Gasteiger partial charge on any atom is 0.0614 e. The molecular weight excluding hydrogens is 238 g/mol. The molecule has 1 saturated carbocycles. The Balaban J connectivity index is 2.35. The van der Waals surface area contributed by atoms with Gasteiger partial charge in [0.05, 0.1) is 12.7 Å². The Labute approximate surface area is 119 Å². The first-order valence-corrected chi connectivity index (χ1v) is 7.97. The van der Waals surface area contributed by atoms with Gasteiger partial charge < -0.3 is 15.2 Å². The fourth-order valence-electron chi connectivity index (χ4n) is 3.12. The molecule has 0 spiro atoms.